The fourth-order valence-corrected chi connectivity index (χ4v) is 1.17. The van der Waals surface area contributed by atoms with E-state index in [9.17, 15) is 4.79 Å². The molecule has 0 saturated heterocycles. The molecule has 0 bridgehead atoms. The number of aromatic nitrogens is 3. The van der Waals surface area contributed by atoms with Gasteiger partial charge in [-0.3, -0.25) is 9.89 Å². The minimum Gasteiger partial charge on any atom is -0.338 e. The smallest absolute Gasteiger partial charge is 0.296 e. The zero-order valence-electron chi connectivity index (χ0n) is 8.97. The molecule has 2 N–H and O–H groups in total. The van der Waals surface area contributed by atoms with E-state index in [4.69, 9.17) is 0 Å². The van der Waals surface area contributed by atoms with Crippen LogP contribution in [0.3, 0.4) is 0 Å². The summed E-state index contributed by atoms with van der Waals surface area (Å²) in [6.07, 6.45) is 1.39. The van der Waals surface area contributed by atoms with Crippen molar-refractivity contribution in [2.75, 3.05) is 0 Å². The van der Waals surface area contributed by atoms with E-state index in [0.717, 1.165) is 5.56 Å². The van der Waals surface area contributed by atoms with Crippen molar-refractivity contribution in [2.24, 2.45) is 0 Å². The Bertz CT molecular complexity index is 537. The lowest BCUT2D eigenvalue weighted by atomic mass is 10.2. The summed E-state index contributed by atoms with van der Waals surface area (Å²) in [6, 6.07) is 9.33. The second kappa shape index (κ2) is 5.47. The molecule has 1 amide bonds. The molecule has 17 heavy (non-hydrogen) atoms. The summed E-state index contributed by atoms with van der Waals surface area (Å²) in [5.41, 5.74) is 0.808. The molecule has 0 spiro atoms. The molecule has 0 fully saturated rings. The number of hydrogen-bond acceptors (Lipinski definition) is 3. The van der Waals surface area contributed by atoms with Crippen molar-refractivity contribution in [3.63, 3.8) is 0 Å². The lowest BCUT2D eigenvalue weighted by Gasteiger charge is -1.95. The molecule has 2 rings (SSSR count). The second-order valence-electron chi connectivity index (χ2n) is 3.23. The van der Waals surface area contributed by atoms with Gasteiger partial charge in [-0.25, -0.2) is 4.98 Å². The third kappa shape index (κ3) is 3.47. The molecule has 0 radical (unpaired) electrons. The Labute approximate surface area is 98.3 Å². The van der Waals surface area contributed by atoms with E-state index in [0.29, 0.717) is 12.4 Å². The number of amides is 1. The van der Waals surface area contributed by atoms with Gasteiger partial charge in [-0.2, -0.15) is 5.10 Å². The minimum atomic E-state index is -0.342. The monoisotopic (exact) mass is 226 g/mol. The van der Waals surface area contributed by atoms with Crippen LogP contribution < -0.4 is 5.32 Å². The Balaban J connectivity index is 1.88. The second-order valence-corrected chi connectivity index (χ2v) is 3.23. The zero-order valence-corrected chi connectivity index (χ0v) is 8.97. The number of rotatable bonds is 2. The SMILES string of the molecule is O=C(C#Cc1ccccc1)NCc1ncn[nH]1. The summed E-state index contributed by atoms with van der Waals surface area (Å²) in [5.74, 6) is 5.52. The van der Waals surface area contributed by atoms with Crippen LogP contribution in [-0.4, -0.2) is 21.1 Å². The molecular weight excluding hydrogens is 216 g/mol. The van der Waals surface area contributed by atoms with Crippen LogP contribution in [0, 0.1) is 11.8 Å². The molecule has 5 nitrogen and oxygen atoms in total. The highest BCUT2D eigenvalue weighted by Crippen LogP contribution is 1.94. The predicted octanol–water partition coefficient (Wildman–Crippen LogP) is 0.473. The van der Waals surface area contributed by atoms with Crippen molar-refractivity contribution in [1.82, 2.24) is 20.5 Å². The molecule has 0 unspecified atom stereocenters. The van der Waals surface area contributed by atoms with E-state index < -0.39 is 0 Å². The molecule has 1 aromatic heterocycles. The van der Waals surface area contributed by atoms with Crippen LogP contribution in [0.2, 0.25) is 0 Å². The Hall–Kier alpha value is -2.61. The molecule has 0 aliphatic carbocycles. The summed E-state index contributed by atoms with van der Waals surface area (Å²) in [7, 11) is 0. The third-order valence-electron chi connectivity index (χ3n) is 1.98. The van der Waals surface area contributed by atoms with Gasteiger partial charge < -0.3 is 5.32 Å². The number of hydrogen-bond donors (Lipinski definition) is 2. The maximum Gasteiger partial charge on any atom is 0.296 e. The van der Waals surface area contributed by atoms with Crippen molar-refractivity contribution in [2.45, 2.75) is 6.54 Å². The maximum atomic E-state index is 11.4. The van der Waals surface area contributed by atoms with Crippen LogP contribution in [0.4, 0.5) is 0 Å². The highest BCUT2D eigenvalue weighted by atomic mass is 16.1. The predicted molar refractivity (Wildman–Crippen MR) is 61.5 cm³/mol. The van der Waals surface area contributed by atoms with Crippen molar-refractivity contribution in [3.05, 3.63) is 48.0 Å². The van der Waals surface area contributed by atoms with Crippen LogP contribution in [0.15, 0.2) is 36.7 Å². The summed E-state index contributed by atoms with van der Waals surface area (Å²) in [6.45, 7) is 0.294. The first-order chi connectivity index (χ1) is 8.34. The van der Waals surface area contributed by atoms with Crippen molar-refractivity contribution < 1.29 is 4.79 Å². The number of carbonyl (C=O) groups excluding carboxylic acids is 1. The average molecular weight is 226 g/mol. The molecule has 2 aromatic rings. The zero-order chi connectivity index (χ0) is 11.9. The molecule has 0 atom stereocenters. The molecule has 0 aliphatic heterocycles. The van der Waals surface area contributed by atoms with E-state index in [1.807, 2.05) is 30.3 Å². The molecule has 1 heterocycles. The first-order valence-electron chi connectivity index (χ1n) is 5.04. The van der Waals surface area contributed by atoms with Gasteiger partial charge in [0.2, 0.25) is 0 Å². The van der Waals surface area contributed by atoms with E-state index in [2.05, 4.69) is 32.3 Å². The standard InChI is InChI=1S/C12H10N4O/c17-12(13-8-11-14-9-15-16-11)7-6-10-4-2-1-3-5-10/h1-5,9H,8H2,(H,13,17)(H,14,15,16). The van der Waals surface area contributed by atoms with E-state index in [1.165, 1.54) is 6.33 Å². The van der Waals surface area contributed by atoms with Crippen molar-refractivity contribution in [3.8, 4) is 11.8 Å². The highest BCUT2D eigenvalue weighted by molar-refractivity contribution is 5.93. The third-order valence-corrected chi connectivity index (χ3v) is 1.98. The number of nitrogens with one attached hydrogen (secondary N) is 2. The number of carbonyl (C=O) groups is 1. The Morgan fingerprint density at radius 3 is 2.88 bits per heavy atom. The first-order valence-corrected chi connectivity index (χ1v) is 5.04. The van der Waals surface area contributed by atoms with E-state index in [-0.39, 0.29) is 5.91 Å². The Kier molecular flexibility index (Phi) is 3.50. The largest absolute Gasteiger partial charge is 0.338 e. The lowest BCUT2D eigenvalue weighted by molar-refractivity contribution is -0.115. The van der Waals surface area contributed by atoms with Gasteiger partial charge in [0.05, 0.1) is 6.54 Å². The lowest BCUT2D eigenvalue weighted by Crippen LogP contribution is -2.21. The van der Waals surface area contributed by atoms with E-state index in [1.54, 1.807) is 0 Å². The Morgan fingerprint density at radius 1 is 1.35 bits per heavy atom. The Morgan fingerprint density at radius 2 is 2.18 bits per heavy atom. The summed E-state index contributed by atoms with van der Waals surface area (Å²) in [5, 5.41) is 8.92. The topological polar surface area (TPSA) is 70.7 Å². The van der Waals surface area contributed by atoms with Gasteiger partial charge in [0, 0.05) is 11.5 Å². The van der Waals surface area contributed by atoms with Gasteiger partial charge in [0.25, 0.3) is 5.91 Å². The van der Waals surface area contributed by atoms with Gasteiger partial charge in [0.15, 0.2) is 0 Å². The summed E-state index contributed by atoms with van der Waals surface area (Å²) >= 11 is 0. The molecule has 84 valence electrons. The first kappa shape index (κ1) is 10.9. The van der Waals surface area contributed by atoms with Crippen LogP contribution in [0.1, 0.15) is 11.4 Å². The number of nitrogens with zero attached hydrogens (tertiary/aromatic N) is 2. The number of H-pyrrole nitrogens is 1. The van der Waals surface area contributed by atoms with E-state index >= 15 is 0 Å². The van der Waals surface area contributed by atoms with Crippen molar-refractivity contribution in [1.29, 1.82) is 0 Å². The fraction of sp³-hybridized carbons (Fsp3) is 0.0833. The van der Waals surface area contributed by atoms with Gasteiger partial charge in [-0.05, 0) is 12.1 Å². The van der Waals surface area contributed by atoms with Gasteiger partial charge >= 0.3 is 0 Å². The van der Waals surface area contributed by atoms with Crippen LogP contribution in [0.25, 0.3) is 0 Å². The molecule has 0 aliphatic rings. The van der Waals surface area contributed by atoms with Crippen LogP contribution >= 0.6 is 0 Å². The average Bonchev–Trinajstić information content (AvgIpc) is 2.88. The number of aromatic amines is 1. The molecule has 1 aromatic carbocycles. The number of benzene rings is 1. The molecule has 5 heteroatoms. The fourth-order valence-electron chi connectivity index (χ4n) is 1.17. The maximum absolute atomic E-state index is 11.4. The van der Waals surface area contributed by atoms with Gasteiger partial charge in [-0.15, -0.1) is 0 Å². The normalized spacial score (nSPS) is 9.18. The molecule has 0 saturated carbocycles. The summed E-state index contributed by atoms with van der Waals surface area (Å²) in [4.78, 5) is 15.2. The minimum absolute atomic E-state index is 0.294. The summed E-state index contributed by atoms with van der Waals surface area (Å²) < 4.78 is 0. The van der Waals surface area contributed by atoms with Gasteiger partial charge in [0.1, 0.15) is 12.2 Å². The van der Waals surface area contributed by atoms with Crippen LogP contribution in [0.5, 0.6) is 0 Å². The highest BCUT2D eigenvalue weighted by Gasteiger charge is 1.98. The van der Waals surface area contributed by atoms with Gasteiger partial charge in [-0.1, -0.05) is 24.1 Å². The van der Waals surface area contributed by atoms with Crippen molar-refractivity contribution >= 4 is 5.91 Å². The van der Waals surface area contributed by atoms with Crippen LogP contribution in [-0.2, 0) is 11.3 Å². The quantitative estimate of drug-likeness (QED) is 0.731. The molecular formula is C12H10N4O.